The number of allylic oxidation sites excluding steroid dienone is 1. The monoisotopic (exact) mass is 255 g/mol. The SMILES string of the molecule is C=C1C[C@@H]2C(=O)N([C@H](C)c3ccccc3)C[C@]2(C)C1. The Labute approximate surface area is 115 Å². The zero-order valence-electron chi connectivity index (χ0n) is 11.7. The molecule has 0 unspecified atom stereocenters. The van der Waals surface area contributed by atoms with Gasteiger partial charge in [0, 0.05) is 17.9 Å². The fraction of sp³-hybridized carbons (Fsp3) is 0.471. The third-order valence-electron chi connectivity index (χ3n) is 4.85. The Morgan fingerprint density at radius 1 is 1.37 bits per heavy atom. The molecule has 100 valence electrons. The molecule has 0 spiro atoms. The number of carbonyl (C=O) groups excluding carboxylic acids is 1. The highest BCUT2D eigenvalue weighted by Crippen LogP contribution is 2.52. The maximum Gasteiger partial charge on any atom is 0.227 e. The Balaban J connectivity index is 1.85. The number of rotatable bonds is 2. The summed E-state index contributed by atoms with van der Waals surface area (Å²) in [6, 6.07) is 10.5. The van der Waals surface area contributed by atoms with Gasteiger partial charge in [-0.15, -0.1) is 0 Å². The molecule has 19 heavy (non-hydrogen) atoms. The maximum absolute atomic E-state index is 12.6. The van der Waals surface area contributed by atoms with Gasteiger partial charge in [0.2, 0.25) is 5.91 Å². The molecule has 1 aliphatic carbocycles. The van der Waals surface area contributed by atoms with Crippen LogP contribution in [0.3, 0.4) is 0 Å². The highest BCUT2D eigenvalue weighted by atomic mass is 16.2. The van der Waals surface area contributed by atoms with Crippen LogP contribution >= 0.6 is 0 Å². The summed E-state index contributed by atoms with van der Waals surface area (Å²) in [5.74, 6) is 0.476. The molecule has 1 saturated carbocycles. The molecule has 1 amide bonds. The average Bonchev–Trinajstić information content (AvgIpc) is 2.82. The van der Waals surface area contributed by atoms with Crippen molar-refractivity contribution in [2.45, 2.75) is 32.7 Å². The van der Waals surface area contributed by atoms with Gasteiger partial charge in [0.05, 0.1) is 6.04 Å². The number of nitrogens with zero attached hydrogens (tertiary/aromatic N) is 1. The third kappa shape index (κ3) is 1.90. The second kappa shape index (κ2) is 4.22. The molecule has 3 atom stereocenters. The van der Waals surface area contributed by atoms with E-state index in [0.717, 1.165) is 19.4 Å². The first-order chi connectivity index (χ1) is 9.01. The molecule has 0 radical (unpaired) electrons. The highest BCUT2D eigenvalue weighted by Gasteiger charge is 2.53. The van der Waals surface area contributed by atoms with Crippen LogP contribution in [0.1, 0.15) is 38.3 Å². The summed E-state index contributed by atoms with van der Waals surface area (Å²) in [5.41, 5.74) is 2.57. The Bertz CT molecular complexity index is 521. The first kappa shape index (κ1) is 12.5. The van der Waals surface area contributed by atoms with Crippen LogP contribution in [0.25, 0.3) is 0 Å². The summed E-state index contributed by atoms with van der Waals surface area (Å²) < 4.78 is 0. The van der Waals surface area contributed by atoms with Gasteiger partial charge in [-0.3, -0.25) is 4.79 Å². The molecular formula is C17H21NO. The van der Waals surface area contributed by atoms with Crippen LogP contribution in [-0.4, -0.2) is 17.4 Å². The summed E-state index contributed by atoms with van der Waals surface area (Å²) in [6.07, 6.45) is 1.88. The fourth-order valence-electron chi connectivity index (χ4n) is 3.76. The Morgan fingerprint density at radius 3 is 2.68 bits per heavy atom. The Kier molecular flexibility index (Phi) is 2.77. The van der Waals surface area contributed by atoms with Gasteiger partial charge in [0.15, 0.2) is 0 Å². The van der Waals surface area contributed by atoms with Crippen molar-refractivity contribution in [2.75, 3.05) is 6.54 Å². The lowest BCUT2D eigenvalue weighted by Crippen LogP contribution is -2.31. The van der Waals surface area contributed by atoms with E-state index >= 15 is 0 Å². The summed E-state index contributed by atoms with van der Waals surface area (Å²) in [5, 5.41) is 0. The zero-order valence-corrected chi connectivity index (χ0v) is 11.7. The molecule has 1 aliphatic heterocycles. The van der Waals surface area contributed by atoms with Crippen molar-refractivity contribution < 1.29 is 4.79 Å². The number of likely N-dealkylation sites (tertiary alicyclic amines) is 1. The van der Waals surface area contributed by atoms with Crippen molar-refractivity contribution in [3.8, 4) is 0 Å². The summed E-state index contributed by atoms with van der Waals surface area (Å²) in [7, 11) is 0. The van der Waals surface area contributed by atoms with Crippen molar-refractivity contribution in [3.05, 3.63) is 48.0 Å². The lowest BCUT2D eigenvalue weighted by atomic mass is 9.83. The van der Waals surface area contributed by atoms with E-state index in [1.165, 1.54) is 11.1 Å². The summed E-state index contributed by atoms with van der Waals surface area (Å²) >= 11 is 0. The largest absolute Gasteiger partial charge is 0.335 e. The quantitative estimate of drug-likeness (QED) is 0.740. The number of amides is 1. The molecule has 0 aromatic heterocycles. The predicted octanol–water partition coefficient (Wildman–Crippen LogP) is 3.56. The van der Waals surface area contributed by atoms with E-state index in [1.54, 1.807) is 0 Å². The molecule has 1 aromatic rings. The molecule has 1 saturated heterocycles. The molecule has 1 aromatic carbocycles. The topological polar surface area (TPSA) is 20.3 Å². The van der Waals surface area contributed by atoms with Gasteiger partial charge in [-0.25, -0.2) is 0 Å². The minimum absolute atomic E-state index is 0.108. The van der Waals surface area contributed by atoms with Crippen LogP contribution < -0.4 is 0 Å². The Morgan fingerprint density at radius 2 is 2.05 bits per heavy atom. The van der Waals surface area contributed by atoms with Gasteiger partial charge >= 0.3 is 0 Å². The summed E-state index contributed by atoms with van der Waals surface area (Å²) in [4.78, 5) is 14.7. The smallest absolute Gasteiger partial charge is 0.227 e. The van der Waals surface area contributed by atoms with E-state index in [4.69, 9.17) is 0 Å². The van der Waals surface area contributed by atoms with Crippen molar-refractivity contribution in [2.24, 2.45) is 11.3 Å². The fourth-order valence-corrected chi connectivity index (χ4v) is 3.76. The third-order valence-corrected chi connectivity index (χ3v) is 4.85. The molecule has 2 nitrogen and oxygen atoms in total. The van der Waals surface area contributed by atoms with Crippen LogP contribution in [0.5, 0.6) is 0 Å². The van der Waals surface area contributed by atoms with Gasteiger partial charge in [0.25, 0.3) is 0 Å². The lowest BCUT2D eigenvalue weighted by molar-refractivity contribution is -0.132. The maximum atomic E-state index is 12.6. The van der Waals surface area contributed by atoms with E-state index < -0.39 is 0 Å². The van der Waals surface area contributed by atoms with E-state index in [1.807, 2.05) is 18.2 Å². The van der Waals surface area contributed by atoms with E-state index in [2.05, 4.69) is 37.5 Å². The van der Waals surface area contributed by atoms with Crippen molar-refractivity contribution >= 4 is 5.91 Å². The normalized spacial score (nSPS) is 31.7. The van der Waals surface area contributed by atoms with E-state index in [9.17, 15) is 4.79 Å². The molecule has 3 rings (SSSR count). The predicted molar refractivity (Wildman–Crippen MR) is 76.5 cm³/mol. The molecule has 2 heteroatoms. The van der Waals surface area contributed by atoms with Crippen molar-refractivity contribution in [1.29, 1.82) is 0 Å². The van der Waals surface area contributed by atoms with E-state index in [-0.39, 0.29) is 17.4 Å². The number of benzene rings is 1. The van der Waals surface area contributed by atoms with Gasteiger partial charge in [0.1, 0.15) is 0 Å². The highest BCUT2D eigenvalue weighted by molar-refractivity contribution is 5.83. The van der Waals surface area contributed by atoms with Crippen molar-refractivity contribution in [3.63, 3.8) is 0 Å². The number of carbonyl (C=O) groups is 1. The Hall–Kier alpha value is -1.57. The molecule has 1 heterocycles. The van der Waals surface area contributed by atoms with Crippen LogP contribution in [0.2, 0.25) is 0 Å². The first-order valence-corrected chi connectivity index (χ1v) is 7.03. The molecule has 2 aliphatic rings. The number of fused-ring (bicyclic) bond motifs is 1. The standard InChI is InChI=1S/C17H21NO/c1-12-9-15-16(19)18(11-17(15,3)10-12)13(2)14-7-5-4-6-8-14/h4-8,13,15H,1,9-11H2,2-3H3/t13-,15-,17+/m1/s1. The van der Waals surface area contributed by atoms with Crippen LogP contribution in [0, 0.1) is 11.3 Å². The number of hydrogen-bond acceptors (Lipinski definition) is 1. The summed E-state index contributed by atoms with van der Waals surface area (Å²) in [6.45, 7) is 9.31. The van der Waals surface area contributed by atoms with Crippen LogP contribution in [0.15, 0.2) is 42.5 Å². The second-order valence-electron chi connectivity index (χ2n) is 6.39. The van der Waals surface area contributed by atoms with Crippen LogP contribution in [0.4, 0.5) is 0 Å². The minimum Gasteiger partial charge on any atom is -0.335 e. The van der Waals surface area contributed by atoms with E-state index in [0.29, 0.717) is 5.91 Å². The second-order valence-corrected chi connectivity index (χ2v) is 6.39. The zero-order chi connectivity index (χ0) is 13.6. The van der Waals surface area contributed by atoms with Crippen LogP contribution in [-0.2, 0) is 4.79 Å². The van der Waals surface area contributed by atoms with Crippen molar-refractivity contribution in [1.82, 2.24) is 4.90 Å². The average molecular weight is 255 g/mol. The molecular weight excluding hydrogens is 234 g/mol. The number of hydrogen-bond donors (Lipinski definition) is 0. The van der Waals surface area contributed by atoms with Gasteiger partial charge in [-0.1, -0.05) is 49.4 Å². The first-order valence-electron chi connectivity index (χ1n) is 7.03. The molecule has 0 bridgehead atoms. The minimum atomic E-state index is 0.108. The van der Waals surface area contributed by atoms with Gasteiger partial charge < -0.3 is 4.90 Å². The lowest BCUT2D eigenvalue weighted by Gasteiger charge is -2.28. The van der Waals surface area contributed by atoms with Gasteiger partial charge in [-0.05, 0) is 25.3 Å². The molecule has 0 N–H and O–H groups in total. The molecule has 2 fully saturated rings. The van der Waals surface area contributed by atoms with Gasteiger partial charge in [-0.2, -0.15) is 0 Å².